The molecule has 0 fully saturated rings. The molecule has 1 nitrogen and oxygen atoms in total. The van der Waals surface area contributed by atoms with E-state index in [1.54, 1.807) is 38.1 Å². The molecule has 0 bridgehead atoms. The van der Waals surface area contributed by atoms with Crippen LogP contribution in [0.2, 0.25) is 0 Å². The molecule has 2 unspecified atom stereocenters. The van der Waals surface area contributed by atoms with E-state index in [-0.39, 0.29) is 23.7 Å². The highest BCUT2D eigenvalue weighted by Gasteiger charge is 2.13. The minimum Gasteiger partial charge on any atom is -0.304 e. The van der Waals surface area contributed by atoms with Gasteiger partial charge in [0.25, 0.3) is 0 Å². The summed E-state index contributed by atoms with van der Waals surface area (Å²) in [5, 5.41) is 3.37. The number of nitrogens with one attached hydrogen (secondary N) is 1. The van der Waals surface area contributed by atoms with Crippen LogP contribution < -0.4 is 5.32 Å². The molecule has 2 rings (SSSR count). The lowest BCUT2D eigenvalue weighted by Crippen LogP contribution is -2.22. The molecule has 0 aliphatic rings. The van der Waals surface area contributed by atoms with Crippen molar-refractivity contribution in [1.29, 1.82) is 0 Å². The summed E-state index contributed by atoms with van der Waals surface area (Å²) >= 11 is 0. The van der Waals surface area contributed by atoms with E-state index in [0.717, 1.165) is 11.1 Å². The normalized spacial score (nSPS) is 14.0. The van der Waals surface area contributed by atoms with E-state index in [9.17, 15) is 8.78 Å². The Morgan fingerprint density at radius 1 is 0.762 bits per heavy atom. The van der Waals surface area contributed by atoms with Crippen LogP contribution in [0.1, 0.15) is 48.2 Å². The van der Waals surface area contributed by atoms with E-state index in [0.29, 0.717) is 11.1 Å². The number of hydrogen-bond donors (Lipinski definition) is 1. The molecule has 0 aliphatic carbocycles. The van der Waals surface area contributed by atoms with Crippen molar-refractivity contribution in [1.82, 2.24) is 5.32 Å². The van der Waals surface area contributed by atoms with Crippen molar-refractivity contribution in [2.45, 2.75) is 39.8 Å². The van der Waals surface area contributed by atoms with E-state index < -0.39 is 0 Å². The summed E-state index contributed by atoms with van der Waals surface area (Å²) in [5.41, 5.74) is 3.05. The SMILES string of the molecule is Cc1ccc(C(C)NC(C)c2ccc(C)c(F)c2)cc1F. The van der Waals surface area contributed by atoms with Crippen molar-refractivity contribution in [2.75, 3.05) is 0 Å². The fourth-order valence-corrected chi connectivity index (χ4v) is 2.32. The molecule has 2 aromatic rings. The van der Waals surface area contributed by atoms with Crippen molar-refractivity contribution >= 4 is 0 Å². The van der Waals surface area contributed by atoms with Crippen LogP contribution in [0.15, 0.2) is 36.4 Å². The fraction of sp³-hybridized carbons (Fsp3) is 0.333. The van der Waals surface area contributed by atoms with Gasteiger partial charge < -0.3 is 5.32 Å². The Hall–Kier alpha value is -1.74. The van der Waals surface area contributed by atoms with Crippen LogP contribution >= 0.6 is 0 Å². The molecule has 1 N–H and O–H groups in total. The quantitative estimate of drug-likeness (QED) is 0.835. The number of halogens is 2. The Labute approximate surface area is 125 Å². The Morgan fingerprint density at radius 2 is 1.14 bits per heavy atom. The summed E-state index contributed by atoms with van der Waals surface area (Å²) in [5.74, 6) is -0.398. The van der Waals surface area contributed by atoms with Crippen LogP contribution in [0.4, 0.5) is 8.78 Å². The van der Waals surface area contributed by atoms with Gasteiger partial charge in [0, 0.05) is 12.1 Å². The average Bonchev–Trinajstić information content (AvgIpc) is 2.44. The fourth-order valence-electron chi connectivity index (χ4n) is 2.32. The third kappa shape index (κ3) is 3.67. The second-order valence-corrected chi connectivity index (χ2v) is 5.63. The second kappa shape index (κ2) is 6.35. The summed E-state index contributed by atoms with van der Waals surface area (Å²) in [6, 6.07) is 10.5. The zero-order valence-electron chi connectivity index (χ0n) is 12.9. The van der Waals surface area contributed by atoms with Gasteiger partial charge in [0.05, 0.1) is 0 Å². The second-order valence-electron chi connectivity index (χ2n) is 5.63. The number of benzene rings is 2. The van der Waals surface area contributed by atoms with Gasteiger partial charge in [0.2, 0.25) is 0 Å². The van der Waals surface area contributed by atoms with Gasteiger partial charge in [0.1, 0.15) is 11.6 Å². The van der Waals surface area contributed by atoms with Gasteiger partial charge in [-0.1, -0.05) is 24.3 Å². The van der Waals surface area contributed by atoms with Gasteiger partial charge >= 0.3 is 0 Å². The van der Waals surface area contributed by atoms with Gasteiger partial charge in [-0.05, 0) is 62.1 Å². The lowest BCUT2D eigenvalue weighted by Gasteiger charge is -2.21. The van der Waals surface area contributed by atoms with Crippen molar-refractivity contribution in [3.8, 4) is 0 Å². The highest BCUT2D eigenvalue weighted by molar-refractivity contribution is 5.28. The zero-order valence-corrected chi connectivity index (χ0v) is 12.9. The molecule has 0 spiro atoms. The summed E-state index contributed by atoms with van der Waals surface area (Å²) in [6.07, 6.45) is 0. The first-order valence-electron chi connectivity index (χ1n) is 7.16. The van der Waals surface area contributed by atoms with E-state index in [1.165, 1.54) is 0 Å². The molecule has 112 valence electrons. The summed E-state index contributed by atoms with van der Waals surface area (Å²) in [4.78, 5) is 0. The first kappa shape index (κ1) is 15.6. The monoisotopic (exact) mass is 289 g/mol. The van der Waals surface area contributed by atoms with Crippen molar-refractivity contribution < 1.29 is 8.78 Å². The smallest absolute Gasteiger partial charge is 0.126 e. The Bertz CT molecular complexity index is 582. The topological polar surface area (TPSA) is 12.0 Å². The van der Waals surface area contributed by atoms with E-state index in [2.05, 4.69) is 5.32 Å². The molecule has 0 aliphatic heterocycles. The standard InChI is InChI=1S/C18H21F2N/c1-11-5-7-15(9-17(11)19)13(3)21-14(4)16-8-6-12(2)18(20)10-16/h5-10,13-14,21H,1-4H3. The van der Waals surface area contributed by atoms with E-state index in [4.69, 9.17) is 0 Å². The Balaban J connectivity index is 2.12. The van der Waals surface area contributed by atoms with Crippen LogP contribution in [0.5, 0.6) is 0 Å². The van der Waals surface area contributed by atoms with E-state index in [1.807, 2.05) is 26.0 Å². The summed E-state index contributed by atoms with van der Waals surface area (Å²) < 4.78 is 27.2. The van der Waals surface area contributed by atoms with Crippen LogP contribution in [0, 0.1) is 25.5 Å². The first-order chi connectivity index (χ1) is 9.88. The summed E-state index contributed by atoms with van der Waals surface area (Å²) in [6.45, 7) is 7.44. The molecule has 3 heteroatoms. The minimum absolute atomic E-state index is 0.0144. The lowest BCUT2D eigenvalue weighted by atomic mass is 10.0. The molecule has 0 amide bonds. The van der Waals surface area contributed by atoms with E-state index >= 15 is 0 Å². The Morgan fingerprint density at radius 3 is 1.48 bits per heavy atom. The van der Waals surface area contributed by atoms with Gasteiger partial charge in [0.15, 0.2) is 0 Å². The molecular formula is C18H21F2N. The third-order valence-electron chi connectivity index (χ3n) is 3.89. The number of rotatable bonds is 4. The molecular weight excluding hydrogens is 268 g/mol. The number of hydrogen-bond acceptors (Lipinski definition) is 1. The molecule has 0 saturated carbocycles. The van der Waals surface area contributed by atoms with Crippen molar-refractivity contribution in [3.05, 3.63) is 70.3 Å². The molecule has 0 radical (unpaired) electrons. The molecule has 2 aromatic carbocycles. The zero-order chi connectivity index (χ0) is 15.6. The maximum atomic E-state index is 13.6. The Kier molecular flexibility index (Phi) is 4.73. The van der Waals surface area contributed by atoms with Gasteiger partial charge in [-0.15, -0.1) is 0 Å². The average molecular weight is 289 g/mol. The highest BCUT2D eigenvalue weighted by atomic mass is 19.1. The summed E-state index contributed by atoms with van der Waals surface area (Å²) in [7, 11) is 0. The van der Waals surface area contributed by atoms with Crippen LogP contribution in [0.25, 0.3) is 0 Å². The minimum atomic E-state index is -0.199. The molecule has 0 heterocycles. The predicted octanol–water partition coefficient (Wildman–Crippen LogP) is 4.99. The number of aryl methyl sites for hydroxylation is 2. The third-order valence-corrected chi connectivity index (χ3v) is 3.89. The van der Waals surface area contributed by atoms with Crippen molar-refractivity contribution in [2.24, 2.45) is 0 Å². The maximum Gasteiger partial charge on any atom is 0.126 e. The molecule has 21 heavy (non-hydrogen) atoms. The van der Waals surface area contributed by atoms with Crippen LogP contribution in [-0.2, 0) is 0 Å². The van der Waals surface area contributed by atoms with Gasteiger partial charge in [-0.2, -0.15) is 0 Å². The molecule has 0 saturated heterocycles. The van der Waals surface area contributed by atoms with Crippen LogP contribution in [0.3, 0.4) is 0 Å². The first-order valence-corrected chi connectivity index (χ1v) is 7.16. The van der Waals surface area contributed by atoms with Gasteiger partial charge in [-0.25, -0.2) is 8.78 Å². The van der Waals surface area contributed by atoms with Crippen molar-refractivity contribution in [3.63, 3.8) is 0 Å². The molecule has 2 atom stereocenters. The lowest BCUT2D eigenvalue weighted by molar-refractivity contribution is 0.488. The maximum absolute atomic E-state index is 13.6. The predicted molar refractivity (Wildman–Crippen MR) is 82.2 cm³/mol. The van der Waals surface area contributed by atoms with Gasteiger partial charge in [-0.3, -0.25) is 0 Å². The largest absolute Gasteiger partial charge is 0.304 e. The molecule has 0 aromatic heterocycles. The van der Waals surface area contributed by atoms with Crippen LogP contribution in [-0.4, -0.2) is 0 Å². The highest BCUT2D eigenvalue weighted by Crippen LogP contribution is 2.22.